The molecule has 1 saturated carbocycles. The maximum Gasteiger partial charge on any atom is 0.491 e. The number of aromatic nitrogens is 2. The monoisotopic (exact) mass is 556 g/mol. The number of pyridine rings is 1. The molecule has 2 aromatic heterocycles. The van der Waals surface area contributed by atoms with Crippen LogP contribution in [0, 0.1) is 5.82 Å². The van der Waals surface area contributed by atoms with Crippen LogP contribution < -0.4 is 11.2 Å². The van der Waals surface area contributed by atoms with Gasteiger partial charge in [0, 0.05) is 35.3 Å². The molecule has 196 valence electrons. The van der Waals surface area contributed by atoms with E-state index in [0.717, 1.165) is 30.0 Å². The molecule has 1 fully saturated rings. The number of hydrogen-bond donors (Lipinski definition) is 4. The van der Waals surface area contributed by atoms with Gasteiger partial charge in [-0.3, -0.25) is 9.35 Å². The van der Waals surface area contributed by atoms with Gasteiger partial charge in [-0.1, -0.05) is 35.9 Å². The first kappa shape index (κ1) is 26.5. The average Bonchev–Trinajstić information content (AvgIpc) is 3.63. The molecule has 9 nitrogen and oxygen atoms in total. The third-order valence-corrected chi connectivity index (χ3v) is 7.49. The van der Waals surface area contributed by atoms with Crippen LogP contribution in [0.25, 0.3) is 16.8 Å². The Morgan fingerprint density at radius 1 is 1.18 bits per heavy atom. The first-order chi connectivity index (χ1) is 18.1. The number of halogens is 2. The number of nitrogens with two attached hydrogens (primary N) is 1. The number of carbonyl (C=O) groups is 1. The van der Waals surface area contributed by atoms with Crippen molar-refractivity contribution < 1.29 is 28.0 Å². The molecule has 0 bridgehead atoms. The molecule has 5 N–H and O–H groups in total. The Bertz CT molecular complexity index is 1560. The fourth-order valence-electron chi connectivity index (χ4n) is 4.54. The van der Waals surface area contributed by atoms with Crippen LogP contribution in [0.2, 0.25) is 5.02 Å². The van der Waals surface area contributed by atoms with E-state index < -0.39 is 30.1 Å². The van der Waals surface area contributed by atoms with Crippen LogP contribution in [-0.4, -0.2) is 45.8 Å². The van der Waals surface area contributed by atoms with Gasteiger partial charge < -0.3 is 15.8 Å². The van der Waals surface area contributed by atoms with Crippen molar-refractivity contribution in [2.75, 3.05) is 0 Å². The molecule has 1 aliphatic carbocycles. The number of carbonyl (C=O) groups excluding carboxylic acids is 1. The van der Waals surface area contributed by atoms with Crippen LogP contribution in [0.4, 0.5) is 4.39 Å². The Morgan fingerprint density at radius 3 is 2.47 bits per heavy atom. The molecule has 2 heterocycles. The van der Waals surface area contributed by atoms with E-state index in [1.165, 1.54) is 16.4 Å². The van der Waals surface area contributed by atoms with Crippen LogP contribution >= 0.6 is 11.6 Å². The molecule has 4 aromatic rings. The summed E-state index contributed by atoms with van der Waals surface area (Å²) in [5, 5.41) is 23.6. The SMILES string of the molecule is NC(=O)c1c(-c2ccc(Cl)cc2)nn2cc(CN(Cc3ccc(B(O)O)c(F)c3)S(=O)O)c(C3CC3)cc12. The van der Waals surface area contributed by atoms with E-state index in [0.29, 0.717) is 27.4 Å². The number of amides is 1. The molecule has 1 amide bonds. The summed E-state index contributed by atoms with van der Waals surface area (Å²) in [4.78, 5) is 12.5. The lowest BCUT2D eigenvalue weighted by Crippen LogP contribution is -2.33. The van der Waals surface area contributed by atoms with Crippen molar-refractivity contribution in [3.05, 3.63) is 87.8 Å². The molecular weight excluding hydrogens is 534 g/mol. The van der Waals surface area contributed by atoms with Crippen molar-refractivity contribution in [2.45, 2.75) is 31.8 Å². The molecule has 0 aliphatic heterocycles. The molecular formula is C25H23BClFN4O5S. The fourth-order valence-corrected chi connectivity index (χ4v) is 5.18. The summed E-state index contributed by atoms with van der Waals surface area (Å²) < 4.78 is 39.3. The Labute approximate surface area is 225 Å². The minimum absolute atomic E-state index is 0.0406. The Balaban J connectivity index is 1.54. The van der Waals surface area contributed by atoms with Gasteiger partial charge in [0.2, 0.25) is 11.3 Å². The second-order valence-electron chi connectivity index (χ2n) is 9.21. The Kier molecular flexibility index (Phi) is 7.36. The van der Waals surface area contributed by atoms with Crippen molar-refractivity contribution in [2.24, 2.45) is 5.73 Å². The molecule has 5 rings (SSSR count). The quantitative estimate of drug-likeness (QED) is 0.184. The number of hydrogen-bond acceptors (Lipinski definition) is 5. The van der Waals surface area contributed by atoms with Gasteiger partial charge in [-0.05, 0) is 59.7 Å². The minimum atomic E-state index is -2.40. The van der Waals surface area contributed by atoms with Crippen LogP contribution in [0.1, 0.15) is 45.8 Å². The molecule has 0 spiro atoms. The number of benzene rings is 2. The van der Waals surface area contributed by atoms with Gasteiger partial charge >= 0.3 is 7.12 Å². The summed E-state index contributed by atoms with van der Waals surface area (Å²) in [6, 6.07) is 12.5. The predicted molar refractivity (Wildman–Crippen MR) is 142 cm³/mol. The summed E-state index contributed by atoms with van der Waals surface area (Å²) in [6.45, 7) is -0.0371. The van der Waals surface area contributed by atoms with Crippen LogP contribution in [0.15, 0.2) is 54.7 Å². The maximum atomic E-state index is 14.3. The minimum Gasteiger partial charge on any atom is -0.423 e. The zero-order chi connectivity index (χ0) is 27.1. The fraction of sp³-hybridized carbons (Fsp3) is 0.200. The number of rotatable bonds is 9. The summed E-state index contributed by atoms with van der Waals surface area (Å²) in [5.74, 6) is -1.23. The Hall–Kier alpha value is -3.13. The highest BCUT2D eigenvalue weighted by Gasteiger charge is 2.30. The van der Waals surface area contributed by atoms with Crippen molar-refractivity contribution in [3.8, 4) is 11.3 Å². The van der Waals surface area contributed by atoms with Gasteiger partial charge in [0.25, 0.3) is 5.91 Å². The lowest BCUT2D eigenvalue weighted by Gasteiger charge is -2.20. The average molecular weight is 557 g/mol. The highest BCUT2D eigenvalue weighted by molar-refractivity contribution is 7.76. The third-order valence-electron chi connectivity index (χ3n) is 6.54. The topological polar surface area (TPSA) is 141 Å². The lowest BCUT2D eigenvalue weighted by atomic mass is 9.79. The number of primary amides is 1. The molecule has 38 heavy (non-hydrogen) atoms. The third kappa shape index (κ3) is 5.37. The van der Waals surface area contributed by atoms with E-state index in [2.05, 4.69) is 5.10 Å². The van der Waals surface area contributed by atoms with Crippen LogP contribution in [0.5, 0.6) is 0 Å². The maximum absolute atomic E-state index is 14.3. The summed E-state index contributed by atoms with van der Waals surface area (Å²) >= 11 is 3.61. The molecule has 1 aliphatic rings. The standard InChI is InChI=1S/C25H23BClFN4O5S/c27-18-6-4-16(5-7-18)24-23(25(29)33)22-10-19(15-2-3-15)17(13-32(22)30-24)12-31(38(36)37)11-14-1-8-20(26(34)35)21(28)9-14/h1,4-10,13,15,34-35H,2-3,11-12H2,(H2,29,33)(H,36,37). The highest BCUT2D eigenvalue weighted by Crippen LogP contribution is 2.43. The van der Waals surface area contributed by atoms with E-state index in [1.54, 1.807) is 35.0 Å². The largest absolute Gasteiger partial charge is 0.491 e. The van der Waals surface area contributed by atoms with E-state index >= 15 is 0 Å². The van der Waals surface area contributed by atoms with Crippen LogP contribution in [0.3, 0.4) is 0 Å². The van der Waals surface area contributed by atoms with Gasteiger partial charge in [-0.15, -0.1) is 0 Å². The first-order valence-electron chi connectivity index (χ1n) is 11.7. The summed E-state index contributed by atoms with van der Waals surface area (Å²) in [7, 11) is -1.96. The molecule has 0 saturated heterocycles. The second kappa shape index (κ2) is 10.6. The number of nitrogens with zero attached hydrogens (tertiary/aromatic N) is 3. The van der Waals surface area contributed by atoms with Gasteiger partial charge in [0.15, 0.2) is 0 Å². The van der Waals surface area contributed by atoms with Gasteiger partial charge in [0.1, 0.15) is 11.5 Å². The van der Waals surface area contributed by atoms with Gasteiger partial charge in [-0.25, -0.2) is 13.1 Å². The van der Waals surface area contributed by atoms with Crippen molar-refractivity contribution >= 4 is 46.9 Å². The molecule has 1 atom stereocenters. The van der Waals surface area contributed by atoms with E-state index in [4.69, 9.17) is 17.3 Å². The molecule has 1 unspecified atom stereocenters. The molecule has 2 aromatic carbocycles. The first-order valence-corrected chi connectivity index (χ1v) is 13.2. The van der Waals surface area contributed by atoms with Crippen molar-refractivity contribution in [3.63, 3.8) is 0 Å². The summed E-state index contributed by atoms with van der Waals surface area (Å²) in [6.07, 6.45) is 3.60. The summed E-state index contributed by atoms with van der Waals surface area (Å²) in [5.41, 5.74) is 9.37. The highest BCUT2D eigenvalue weighted by atomic mass is 35.5. The lowest BCUT2D eigenvalue weighted by molar-refractivity contribution is 0.100. The second-order valence-corrected chi connectivity index (χ2v) is 10.6. The normalized spacial score (nSPS) is 14.3. The van der Waals surface area contributed by atoms with Gasteiger partial charge in [-0.2, -0.15) is 9.40 Å². The predicted octanol–water partition coefficient (Wildman–Crippen LogP) is 2.59. The molecule has 0 radical (unpaired) electrons. The zero-order valence-electron chi connectivity index (χ0n) is 19.9. The smallest absolute Gasteiger partial charge is 0.423 e. The number of fused-ring (bicyclic) bond motifs is 1. The Morgan fingerprint density at radius 2 is 1.89 bits per heavy atom. The van der Waals surface area contributed by atoms with E-state index in [1.807, 2.05) is 6.07 Å². The van der Waals surface area contributed by atoms with Crippen LogP contribution in [-0.2, 0) is 24.4 Å². The van der Waals surface area contributed by atoms with E-state index in [9.17, 15) is 28.0 Å². The zero-order valence-corrected chi connectivity index (χ0v) is 21.5. The van der Waals surface area contributed by atoms with Gasteiger partial charge in [0.05, 0.1) is 11.1 Å². The molecule has 13 heteroatoms. The van der Waals surface area contributed by atoms with Crippen molar-refractivity contribution in [1.82, 2.24) is 13.9 Å². The van der Waals surface area contributed by atoms with Crippen molar-refractivity contribution in [1.29, 1.82) is 0 Å². The van der Waals surface area contributed by atoms with E-state index in [-0.39, 0.29) is 30.0 Å².